The molecule has 0 saturated carbocycles. The van der Waals surface area contributed by atoms with Gasteiger partial charge in [-0.25, -0.2) is 0 Å². The summed E-state index contributed by atoms with van der Waals surface area (Å²) in [7, 11) is 0. The van der Waals surface area contributed by atoms with Crippen LogP contribution in [0.5, 0.6) is 11.5 Å². The van der Waals surface area contributed by atoms with Gasteiger partial charge in [-0.05, 0) is 59.8 Å². The molecule has 0 atom stereocenters. The minimum absolute atomic E-state index is 0.246. The first-order valence-electron chi connectivity index (χ1n) is 12.9. The van der Waals surface area contributed by atoms with E-state index in [-0.39, 0.29) is 11.4 Å². The van der Waals surface area contributed by atoms with Crippen LogP contribution < -0.4 is 19.7 Å². The molecule has 2 fully saturated rings. The average Bonchev–Trinajstić information content (AvgIpc) is 3.24. The van der Waals surface area contributed by atoms with Gasteiger partial charge in [0.15, 0.2) is 0 Å². The first kappa shape index (κ1) is 27.3. The summed E-state index contributed by atoms with van der Waals surface area (Å²) in [6, 6.07) is 24.2. The van der Waals surface area contributed by atoms with Crippen molar-refractivity contribution in [2.24, 2.45) is 0 Å². The summed E-state index contributed by atoms with van der Waals surface area (Å²) < 4.78 is 16.8. The van der Waals surface area contributed by atoms with Crippen molar-refractivity contribution < 1.29 is 28.6 Å². The first-order chi connectivity index (χ1) is 19.6. The maximum absolute atomic E-state index is 13.0. The van der Waals surface area contributed by atoms with Crippen molar-refractivity contribution in [1.29, 1.82) is 0 Å². The lowest BCUT2D eigenvalue weighted by Gasteiger charge is -2.30. The van der Waals surface area contributed by atoms with Crippen molar-refractivity contribution in [3.05, 3.63) is 89.3 Å². The molecule has 0 bridgehead atoms. The maximum atomic E-state index is 13.0. The van der Waals surface area contributed by atoms with Crippen molar-refractivity contribution in [3.63, 3.8) is 0 Å². The number of nitrogens with zero attached hydrogens (tertiary/aromatic N) is 2. The summed E-state index contributed by atoms with van der Waals surface area (Å²) in [5.41, 5.74) is 2.21. The number of anilines is 2. The number of imide groups is 1. The number of morpholine rings is 1. The van der Waals surface area contributed by atoms with Crippen LogP contribution in [0.15, 0.2) is 83.8 Å². The summed E-state index contributed by atoms with van der Waals surface area (Å²) in [5.74, 6) is 0.431. The third-order valence-electron chi connectivity index (χ3n) is 6.23. The molecule has 40 heavy (non-hydrogen) atoms. The van der Waals surface area contributed by atoms with Crippen molar-refractivity contribution in [3.8, 4) is 11.5 Å². The van der Waals surface area contributed by atoms with Gasteiger partial charge in [-0.2, -0.15) is 0 Å². The van der Waals surface area contributed by atoms with Gasteiger partial charge in [-0.3, -0.25) is 19.3 Å². The second-order valence-corrected chi connectivity index (χ2v) is 10.0. The Morgan fingerprint density at radius 3 is 2.40 bits per heavy atom. The zero-order valence-corrected chi connectivity index (χ0v) is 22.6. The number of ether oxygens (including phenoxy) is 3. The van der Waals surface area contributed by atoms with Gasteiger partial charge in [0.05, 0.1) is 29.5 Å². The Balaban J connectivity index is 1.17. The predicted molar refractivity (Wildman–Crippen MR) is 155 cm³/mol. The number of thioether (sulfide) groups is 1. The summed E-state index contributed by atoms with van der Waals surface area (Å²) >= 11 is 0.811. The van der Waals surface area contributed by atoms with Gasteiger partial charge in [0, 0.05) is 13.1 Å². The van der Waals surface area contributed by atoms with Crippen LogP contribution >= 0.6 is 11.8 Å². The molecule has 2 aliphatic rings. The SMILES string of the molecule is O=C(CN1C(=O)S/C(=C/c2cccc(OCCOc3ccccc3)c2)C1=O)Nc1ccccc1N1CCOCC1. The standard InChI is InChI=1S/C30H29N3O6S/c34-28(31-25-11-4-5-12-26(25)32-13-15-37-16-14-32)21-33-29(35)27(40-30(33)36)20-22-7-6-10-24(19-22)39-18-17-38-23-8-2-1-3-9-23/h1-12,19-20H,13-18,21H2,(H,31,34)/b27-20+. The van der Waals surface area contributed by atoms with E-state index < -0.39 is 17.1 Å². The van der Waals surface area contributed by atoms with Crippen molar-refractivity contribution >= 4 is 46.3 Å². The molecule has 0 spiro atoms. The molecular weight excluding hydrogens is 530 g/mol. The highest BCUT2D eigenvalue weighted by atomic mass is 32.2. The van der Waals surface area contributed by atoms with Crippen LogP contribution in [0.3, 0.4) is 0 Å². The largest absolute Gasteiger partial charge is 0.490 e. The van der Waals surface area contributed by atoms with Crippen LogP contribution in [-0.2, 0) is 14.3 Å². The molecule has 3 amide bonds. The van der Waals surface area contributed by atoms with E-state index in [1.54, 1.807) is 18.2 Å². The van der Waals surface area contributed by atoms with Gasteiger partial charge in [-0.1, -0.05) is 42.5 Å². The van der Waals surface area contributed by atoms with Gasteiger partial charge >= 0.3 is 0 Å². The number of hydrogen-bond donors (Lipinski definition) is 1. The Bertz CT molecular complexity index is 1390. The molecule has 3 aromatic carbocycles. The monoisotopic (exact) mass is 559 g/mol. The molecule has 0 radical (unpaired) electrons. The smallest absolute Gasteiger partial charge is 0.294 e. The van der Waals surface area contributed by atoms with Gasteiger partial charge in [0.2, 0.25) is 5.91 Å². The molecule has 2 heterocycles. The number of para-hydroxylation sites is 3. The van der Waals surface area contributed by atoms with E-state index in [0.717, 1.165) is 28.1 Å². The van der Waals surface area contributed by atoms with E-state index >= 15 is 0 Å². The molecular formula is C30H29N3O6S. The minimum atomic E-state index is -0.505. The number of nitrogens with one attached hydrogen (secondary N) is 1. The normalized spacial score (nSPS) is 16.4. The number of hydrogen-bond acceptors (Lipinski definition) is 8. The van der Waals surface area contributed by atoms with Crippen LogP contribution in [0.2, 0.25) is 0 Å². The van der Waals surface area contributed by atoms with Crippen LogP contribution in [0.25, 0.3) is 6.08 Å². The van der Waals surface area contributed by atoms with Crippen LogP contribution in [0, 0.1) is 0 Å². The molecule has 0 unspecified atom stereocenters. The van der Waals surface area contributed by atoms with E-state index in [0.29, 0.717) is 56.5 Å². The van der Waals surface area contributed by atoms with Crippen molar-refractivity contribution in [2.75, 3.05) is 56.3 Å². The average molecular weight is 560 g/mol. The molecule has 5 rings (SSSR count). The van der Waals surface area contributed by atoms with Gasteiger partial charge in [0.25, 0.3) is 11.1 Å². The number of carbonyl (C=O) groups excluding carboxylic acids is 3. The summed E-state index contributed by atoms with van der Waals surface area (Å²) in [5, 5.41) is 2.37. The van der Waals surface area contributed by atoms with Gasteiger partial charge in [-0.15, -0.1) is 0 Å². The third-order valence-corrected chi connectivity index (χ3v) is 7.13. The van der Waals surface area contributed by atoms with Crippen LogP contribution in [0.4, 0.5) is 16.2 Å². The molecule has 2 saturated heterocycles. The second kappa shape index (κ2) is 13.2. The Hall–Kier alpha value is -4.28. The van der Waals surface area contributed by atoms with E-state index in [1.165, 1.54) is 0 Å². The molecule has 1 N–H and O–H groups in total. The fourth-order valence-electron chi connectivity index (χ4n) is 4.31. The highest BCUT2D eigenvalue weighted by Crippen LogP contribution is 2.33. The molecule has 9 nitrogen and oxygen atoms in total. The van der Waals surface area contributed by atoms with Crippen molar-refractivity contribution in [1.82, 2.24) is 4.90 Å². The van der Waals surface area contributed by atoms with E-state index in [2.05, 4.69) is 10.2 Å². The number of rotatable bonds is 10. The first-order valence-corrected chi connectivity index (χ1v) is 13.8. The predicted octanol–water partition coefficient (Wildman–Crippen LogP) is 4.66. The molecule has 0 aliphatic carbocycles. The fraction of sp³-hybridized carbons (Fsp3) is 0.233. The number of carbonyl (C=O) groups is 3. The Morgan fingerprint density at radius 1 is 0.900 bits per heavy atom. The molecule has 0 aromatic heterocycles. The lowest BCUT2D eigenvalue weighted by atomic mass is 10.2. The molecule has 2 aliphatic heterocycles. The van der Waals surface area contributed by atoms with Crippen molar-refractivity contribution in [2.45, 2.75) is 0 Å². The highest BCUT2D eigenvalue weighted by Gasteiger charge is 2.36. The zero-order valence-electron chi connectivity index (χ0n) is 21.8. The summed E-state index contributed by atoms with van der Waals surface area (Å²) in [6.07, 6.45) is 1.63. The van der Waals surface area contributed by atoms with Gasteiger partial charge in [0.1, 0.15) is 31.3 Å². The fourth-order valence-corrected chi connectivity index (χ4v) is 5.15. The molecule has 206 valence electrons. The van der Waals surface area contributed by atoms with E-state index in [1.807, 2.05) is 66.7 Å². The Kier molecular flexibility index (Phi) is 9.00. The number of amides is 3. The lowest BCUT2D eigenvalue weighted by Crippen LogP contribution is -2.38. The molecule has 10 heteroatoms. The van der Waals surface area contributed by atoms with Crippen LogP contribution in [0.1, 0.15) is 5.56 Å². The van der Waals surface area contributed by atoms with Gasteiger partial charge < -0.3 is 24.4 Å². The lowest BCUT2D eigenvalue weighted by molar-refractivity contribution is -0.127. The summed E-state index contributed by atoms with van der Waals surface area (Å²) in [4.78, 5) is 41.9. The zero-order chi connectivity index (χ0) is 27.7. The minimum Gasteiger partial charge on any atom is -0.490 e. The molecule has 3 aromatic rings. The highest BCUT2D eigenvalue weighted by molar-refractivity contribution is 8.18. The van der Waals surface area contributed by atoms with E-state index in [9.17, 15) is 14.4 Å². The quantitative estimate of drug-likeness (QED) is 0.283. The number of benzene rings is 3. The Labute approximate surface area is 236 Å². The summed E-state index contributed by atoms with van der Waals surface area (Å²) in [6.45, 7) is 3.02. The second-order valence-electron chi connectivity index (χ2n) is 9.02. The van der Waals surface area contributed by atoms with E-state index in [4.69, 9.17) is 14.2 Å². The van der Waals surface area contributed by atoms with Crippen LogP contribution in [-0.4, -0.2) is 68.0 Å². The topological polar surface area (TPSA) is 97.4 Å². The maximum Gasteiger partial charge on any atom is 0.294 e. The Morgan fingerprint density at radius 2 is 1.60 bits per heavy atom. The third kappa shape index (κ3) is 7.02.